The fourth-order valence-electron chi connectivity index (χ4n) is 2.51. The number of amides is 1. The number of aromatic nitrogens is 1. The van der Waals surface area contributed by atoms with Crippen molar-refractivity contribution in [2.45, 2.75) is 13.1 Å². The van der Waals surface area contributed by atoms with Crippen LogP contribution in [0.25, 0.3) is 11.1 Å². The number of nitrogens with zero attached hydrogens (tertiary/aromatic N) is 1. The van der Waals surface area contributed by atoms with Gasteiger partial charge in [-0.3, -0.25) is 9.59 Å². The molecule has 0 saturated heterocycles. The minimum Gasteiger partial charge on any atom is -0.503 e. The third-order valence-corrected chi connectivity index (χ3v) is 3.86. The normalized spacial score (nSPS) is 10.4. The van der Waals surface area contributed by atoms with E-state index in [1.807, 2.05) is 54.6 Å². The third-order valence-electron chi connectivity index (χ3n) is 3.86. The van der Waals surface area contributed by atoms with Gasteiger partial charge in [-0.15, -0.1) is 0 Å². The summed E-state index contributed by atoms with van der Waals surface area (Å²) in [6, 6.07) is 20.8. The maximum atomic E-state index is 12.0. The van der Waals surface area contributed by atoms with Crippen LogP contribution in [0.4, 0.5) is 0 Å². The van der Waals surface area contributed by atoms with Gasteiger partial charge in [-0.1, -0.05) is 54.6 Å². The van der Waals surface area contributed by atoms with Gasteiger partial charge in [0.2, 0.25) is 5.91 Å². The molecule has 3 rings (SSSR count). The zero-order chi connectivity index (χ0) is 17.6. The zero-order valence-electron chi connectivity index (χ0n) is 13.6. The molecule has 1 heterocycles. The number of hydrogen-bond acceptors (Lipinski definition) is 3. The molecule has 5 nitrogen and oxygen atoms in total. The lowest BCUT2D eigenvalue weighted by Crippen LogP contribution is -2.31. The highest BCUT2D eigenvalue weighted by molar-refractivity contribution is 5.75. The Labute approximate surface area is 145 Å². The lowest BCUT2D eigenvalue weighted by Gasteiger charge is -2.08. The first-order valence-electron chi connectivity index (χ1n) is 7.93. The van der Waals surface area contributed by atoms with Crippen LogP contribution in [0.1, 0.15) is 5.56 Å². The van der Waals surface area contributed by atoms with Crippen LogP contribution >= 0.6 is 0 Å². The molecule has 5 heteroatoms. The Morgan fingerprint density at radius 1 is 0.920 bits per heavy atom. The average molecular weight is 334 g/mol. The minimum absolute atomic E-state index is 0.130. The molecule has 0 radical (unpaired) electrons. The van der Waals surface area contributed by atoms with Gasteiger partial charge in [0.05, 0.1) is 0 Å². The van der Waals surface area contributed by atoms with Crippen molar-refractivity contribution in [2.75, 3.05) is 0 Å². The summed E-state index contributed by atoms with van der Waals surface area (Å²) >= 11 is 0. The molecule has 0 spiro atoms. The Balaban J connectivity index is 1.59. The lowest BCUT2D eigenvalue weighted by atomic mass is 10.0. The van der Waals surface area contributed by atoms with Crippen molar-refractivity contribution in [3.8, 4) is 16.9 Å². The maximum absolute atomic E-state index is 12.0. The fraction of sp³-hybridized carbons (Fsp3) is 0.100. The Morgan fingerprint density at radius 2 is 1.60 bits per heavy atom. The number of nitrogens with one attached hydrogen (secondary N) is 1. The van der Waals surface area contributed by atoms with Crippen molar-refractivity contribution in [2.24, 2.45) is 0 Å². The molecule has 0 aliphatic rings. The Bertz CT molecular complexity index is 916. The molecule has 1 amide bonds. The van der Waals surface area contributed by atoms with Crippen molar-refractivity contribution < 1.29 is 9.90 Å². The molecule has 0 fully saturated rings. The van der Waals surface area contributed by atoms with Crippen molar-refractivity contribution in [3.05, 3.63) is 88.8 Å². The second-order valence-electron chi connectivity index (χ2n) is 5.67. The molecule has 0 bridgehead atoms. The van der Waals surface area contributed by atoms with Gasteiger partial charge in [-0.2, -0.15) is 0 Å². The summed E-state index contributed by atoms with van der Waals surface area (Å²) < 4.78 is 1.17. The summed E-state index contributed by atoms with van der Waals surface area (Å²) in [6.45, 7) is 0.247. The SMILES string of the molecule is O=C(Cn1cccc(O)c1=O)NCc1ccc(-c2ccccc2)cc1. The molecule has 0 saturated carbocycles. The van der Waals surface area contributed by atoms with E-state index in [0.29, 0.717) is 6.54 Å². The smallest absolute Gasteiger partial charge is 0.293 e. The van der Waals surface area contributed by atoms with Crippen LogP contribution in [0.2, 0.25) is 0 Å². The molecule has 3 aromatic rings. The van der Waals surface area contributed by atoms with Crippen molar-refractivity contribution in [1.82, 2.24) is 9.88 Å². The van der Waals surface area contributed by atoms with Gasteiger partial charge in [0.15, 0.2) is 5.75 Å². The minimum atomic E-state index is -0.579. The van der Waals surface area contributed by atoms with Gasteiger partial charge >= 0.3 is 0 Å². The number of aromatic hydroxyl groups is 1. The fourth-order valence-corrected chi connectivity index (χ4v) is 2.51. The van der Waals surface area contributed by atoms with Gasteiger partial charge in [0, 0.05) is 12.7 Å². The number of hydrogen-bond donors (Lipinski definition) is 2. The van der Waals surface area contributed by atoms with Crippen LogP contribution in [-0.4, -0.2) is 15.6 Å². The van der Waals surface area contributed by atoms with Gasteiger partial charge in [-0.25, -0.2) is 0 Å². The van der Waals surface area contributed by atoms with Crippen molar-refractivity contribution >= 4 is 5.91 Å². The van der Waals surface area contributed by atoms with Crippen LogP contribution in [-0.2, 0) is 17.9 Å². The molecular weight excluding hydrogens is 316 g/mol. The van der Waals surface area contributed by atoms with E-state index >= 15 is 0 Å². The van der Waals surface area contributed by atoms with Crippen LogP contribution in [0, 0.1) is 0 Å². The molecule has 0 atom stereocenters. The van der Waals surface area contributed by atoms with E-state index in [1.165, 1.54) is 22.9 Å². The highest BCUT2D eigenvalue weighted by Crippen LogP contribution is 2.19. The molecule has 126 valence electrons. The first-order valence-corrected chi connectivity index (χ1v) is 7.93. The first-order chi connectivity index (χ1) is 12.1. The highest BCUT2D eigenvalue weighted by Gasteiger charge is 2.06. The van der Waals surface area contributed by atoms with E-state index in [0.717, 1.165) is 16.7 Å². The highest BCUT2D eigenvalue weighted by atomic mass is 16.3. The Hall–Kier alpha value is -3.34. The molecule has 0 aliphatic heterocycles. The van der Waals surface area contributed by atoms with E-state index in [9.17, 15) is 14.7 Å². The summed E-state index contributed by atoms with van der Waals surface area (Å²) in [6.07, 6.45) is 1.47. The van der Waals surface area contributed by atoms with Crippen LogP contribution in [0.5, 0.6) is 5.75 Å². The monoisotopic (exact) mass is 334 g/mol. The van der Waals surface area contributed by atoms with Gasteiger partial charge in [-0.05, 0) is 28.8 Å². The summed E-state index contributed by atoms with van der Waals surface area (Å²) in [5, 5.41) is 12.1. The topological polar surface area (TPSA) is 71.3 Å². The molecular formula is C20H18N2O3. The van der Waals surface area contributed by atoms with E-state index < -0.39 is 5.56 Å². The molecule has 25 heavy (non-hydrogen) atoms. The first kappa shape index (κ1) is 16.5. The number of carbonyl (C=O) groups is 1. The number of benzene rings is 2. The third kappa shape index (κ3) is 4.14. The van der Waals surface area contributed by atoms with E-state index in [4.69, 9.17) is 0 Å². The molecule has 2 aromatic carbocycles. The maximum Gasteiger partial charge on any atom is 0.293 e. The molecule has 2 N–H and O–H groups in total. The summed E-state index contributed by atoms with van der Waals surface area (Å²) in [5.74, 6) is -0.661. The number of rotatable bonds is 5. The van der Waals surface area contributed by atoms with Crippen LogP contribution in [0.15, 0.2) is 77.7 Å². The summed E-state index contributed by atoms with van der Waals surface area (Å²) in [4.78, 5) is 23.7. The average Bonchev–Trinajstić information content (AvgIpc) is 2.65. The number of carbonyl (C=O) groups excluding carboxylic acids is 1. The van der Waals surface area contributed by atoms with E-state index in [-0.39, 0.29) is 18.2 Å². The standard InChI is InChI=1S/C20H18N2O3/c23-18-7-4-12-22(20(18)25)14-19(24)21-13-15-8-10-17(11-9-15)16-5-2-1-3-6-16/h1-12,23H,13-14H2,(H,21,24). The van der Waals surface area contributed by atoms with E-state index in [2.05, 4.69) is 5.32 Å². The summed E-state index contributed by atoms with van der Waals surface area (Å²) in [5.41, 5.74) is 2.64. The predicted molar refractivity (Wildman–Crippen MR) is 96.1 cm³/mol. The largest absolute Gasteiger partial charge is 0.503 e. The molecule has 0 aliphatic carbocycles. The van der Waals surface area contributed by atoms with Gasteiger partial charge in [0.25, 0.3) is 5.56 Å². The molecule has 1 aromatic heterocycles. The quantitative estimate of drug-likeness (QED) is 0.753. The Morgan fingerprint density at radius 3 is 2.32 bits per heavy atom. The van der Waals surface area contributed by atoms with Crippen LogP contribution < -0.4 is 10.9 Å². The van der Waals surface area contributed by atoms with Crippen molar-refractivity contribution in [3.63, 3.8) is 0 Å². The predicted octanol–water partition coefficient (Wildman–Crippen LogP) is 2.54. The Kier molecular flexibility index (Phi) is 4.95. The second kappa shape index (κ2) is 7.49. The second-order valence-corrected chi connectivity index (χ2v) is 5.67. The molecule has 0 unspecified atom stereocenters. The zero-order valence-corrected chi connectivity index (χ0v) is 13.6. The van der Waals surface area contributed by atoms with Crippen molar-refractivity contribution in [1.29, 1.82) is 0 Å². The van der Waals surface area contributed by atoms with Crippen LogP contribution in [0.3, 0.4) is 0 Å². The van der Waals surface area contributed by atoms with Gasteiger partial charge < -0.3 is 15.0 Å². The summed E-state index contributed by atoms with van der Waals surface area (Å²) in [7, 11) is 0. The number of pyridine rings is 1. The lowest BCUT2D eigenvalue weighted by molar-refractivity contribution is -0.121. The van der Waals surface area contributed by atoms with Gasteiger partial charge in [0.1, 0.15) is 6.54 Å². The van der Waals surface area contributed by atoms with E-state index in [1.54, 1.807) is 0 Å².